The predicted molar refractivity (Wildman–Crippen MR) is 64.7 cm³/mol. The Morgan fingerprint density at radius 1 is 1.53 bits per heavy atom. The molecule has 0 saturated carbocycles. The van der Waals surface area contributed by atoms with Crippen LogP contribution in [0.3, 0.4) is 0 Å². The Morgan fingerprint density at radius 3 is 2.65 bits per heavy atom. The largest absolute Gasteiger partial charge is 0.481 e. The van der Waals surface area contributed by atoms with Crippen LogP contribution in [0.15, 0.2) is 0 Å². The fourth-order valence-electron chi connectivity index (χ4n) is 2.26. The third-order valence-electron chi connectivity index (χ3n) is 3.41. The van der Waals surface area contributed by atoms with Gasteiger partial charge in [-0.15, -0.1) is 0 Å². The Labute approximate surface area is 102 Å². The Bertz CT molecular complexity index is 293. The molecule has 0 radical (unpaired) electrons. The lowest BCUT2D eigenvalue weighted by atomic mass is 10.1. The van der Waals surface area contributed by atoms with Crippen molar-refractivity contribution in [3.8, 4) is 0 Å². The first kappa shape index (κ1) is 14.0. The van der Waals surface area contributed by atoms with E-state index in [0.29, 0.717) is 19.5 Å². The molecular weight excluding hydrogens is 220 g/mol. The number of hydrogen-bond donors (Lipinski definition) is 1. The van der Waals surface area contributed by atoms with E-state index in [4.69, 9.17) is 5.11 Å². The average molecular weight is 242 g/mol. The average Bonchev–Trinajstić information content (AvgIpc) is 2.76. The summed E-state index contributed by atoms with van der Waals surface area (Å²) in [5.74, 6) is -0.992. The zero-order valence-corrected chi connectivity index (χ0v) is 10.8. The summed E-state index contributed by atoms with van der Waals surface area (Å²) in [5.41, 5.74) is 0. The summed E-state index contributed by atoms with van der Waals surface area (Å²) in [6.07, 6.45) is 1.58. The van der Waals surface area contributed by atoms with Gasteiger partial charge in [0.05, 0.1) is 12.0 Å². The number of nitrogens with zero attached hydrogens (tertiary/aromatic N) is 2. The molecule has 1 heterocycles. The third-order valence-corrected chi connectivity index (χ3v) is 3.41. The van der Waals surface area contributed by atoms with Crippen molar-refractivity contribution < 1.29 is 14.7 Å². The fourth-order valence-corrected chi connectivity index (χ4v) is 2.26. The van der Waals surface area contributed by atoms with E-state index in [1.165, 1.54) is 0 Å². The number of carbonyl (C=O) groups excluding carboxylic acids is 1. The van der Waals surface area contributed by atoms with Gasteiger partial charge in [-0.25, -0.2) is 0 Å². The van der Waals surface area contributed by atoms with E-state index in [-0.39, 0.29) is 17.9 Å². The quantitative estimate of drug-likeness (QED) is 0.769. The van der Waals surface area contributed by atoms with Crippen LogP contribution in [0.5, 0.6) is 0 Å². The van der Waals surface area contributed by atoms with Crippen molar-refractivity contribution in [1.29, 1.82) is 0 Å². The van der Waals surface area contributed by atoms with Crippen molar-refractivity contribution >= 4 is 11.9 Å². The molecule has 0 spiro atoms. The minimum absolute atomic E-state index is 0.0814. The summed E-state index contributed by atoms with van der Waals surface area (Å²) in [4.78, 5) is 26.6. The number of likely N-dealkylation sites (N-methyl/N-ethyl adjacent to an activating group) is 1. The fraction of sp³-hybridized carbons (Fsp3) is 0.833. The summed E-state index contributed by atoms with van der Waals surface area (Å²) in [5, 5.41) is 8.92. The molecule has 0 aromatic heterocycles. The van der Waals surface area contributed by atoms with E-state index < -0.39 is 5.97 Å². The molecule has 1 amide bonds. The maximum absolute atomic E-state index is 12.0. The standard InChI is InChI=1S/C12H22N2O3/c1-4-6-13(3)11(15)9(2)14-7-5-10(8-14)12(16)17/h9-10H,4-8H2,1-3H3,(H,16,17). The number of amides is 1. The molecule has 1 N–H and O–H groups in total. The number of carbonyl (C=O) groups is 2. The Kier molecular flexibility index (Phi) is 4.93. The molecule has 0 bridgehead atoms. The Balaban J connectivity index is 2.51. The van der Waals surface area contributed by atoms with Gasteiger partial charge >= 0.3 is 5.97 Å². The second kappa shape index (κ2) is 6.00. The topological polar surface area (TPSA) is 60.9 Å². The van der Waals surface area contributed by atoms with Gasteiger partial charge in [0, 0.05) is 20.1 Å². The minimum atomic E-state index is -0.755. The van der Waals surface area contributed by atoms with Crippen LogP contribution >= 0.6 is 0 Å². The lowest BCUT2D eigenvalue weighted by molar-refractivity contribution is -0.142. The summed E-state index contributed by atoms with van der Waals surface area (Å²) < 4.78 is 0. The molecule has 5 nitrogen and oxygen atoms in total. The van der Waals surface area contributed by atoms with E-state index in [9.17, 15) is 9.59 Å². The molecule has 0 aliphatic carbocycles. The third kappa shape index (κ3) is 3.43. The van der Waals surface area contributed by atoms with E-state index in [1.54, 1.807) is 11.9 Å². The molecule has 2 unspecified atom stereocenters. The molecule has 1 fully saturated rings. The zero-order chi connectivity index (χ0) is 13.0. The summed E-state index contributed by atoms with van der Waals surface area (Å²) in [6, 6.07) is -0.212. The van der Waals surface area contributed by atoms with Crippen LogP contribution in [-0.2, 0) is 9.59 Å². The molecule has 0 aromatic rings. The van der Waals surface area contributed by atoms with Crippen molar-refractivity contribution in [1.82, 2.24) is 9.80 Å². The highest BCUT2D eigenvalue weighted by atomic mass is 16.4. The summed E-state index contributed by atoms with van der Waals surface area (Å²) in [7, 11) is 1.80. The highest BCUT2D eigenvalue weighted by Crippen LogP contribution is 2.19. The van der Waals surface area contributed by atoms with Gasteiger partial charge in [-0.1, -0.05) is 6.92 Å². The van der Waals surface area contributed by atoms with Gasteiger partial charge < -0.3 is 10.0 Å². The molecule has 1 saturated heterocycles. The first-order valence-corrected chi connectivity index (χ1v) is 6.19. The molecule has 2 atom stereocenters. The van der Waals surface area contributed by atoms with Crippen molar-refractivity contribution in [3.05, 3.63) is 0 Å². The lowest BCUT2D eigenvalue weighted by Crippen LogP contribution is -2.45. The van der Waals surface area contributed by atoms with Gasteiger partial charge in [-0.2, -0.15) is 0 Å². The maximum atomic E-state index is 12.0. The molecule has 5 heteroatoms. The van der Waals surface area contributed by atoms with Gasteiger partial charge in [0.25, 0.3) is 0 Å². The lowest BCUT2D eigenvalue weighted by Gasteiger charge is -2.27. The molecule has 1 rings (SSSR count). The van der Waals surface area contributed by atoms with Crippen molar-refractivity contribution in [3.63, 3.8) is 0 Å². The molecule has 1 aliphatic heterocycles. The number of carboxylic acids is 1. The predicted octanol–water partition coefficient (Wildman–Crippen LogP) is 0.650. The van der Waals surface area contributed by atoms with Gasteiger partial charge in [0.15, 0.2) is 0 Å². The van der Waals surface area contributed by atoms with Crippen LogP contribution in [0, 0.1) is 5.92 Å². The molecular formula is C12H22N2O3. The van der Waals surface area contributed by atoms with Crippen LogP contribution in [-0.4, -0.2) is 59.5 Å². The van der Waals surface area contributed by atoms with Crippen molar-refractivity contribution in [2.24, 2.45) is 5.92 Å². The number of hydrogen-bond acceptors (Lipinski definition) is 3. The van der Waals surface area contributed by atoms with Crippen LogP contribution in [0.2, 0.25) is 0 Å². The van der Waals surface area contributed by atoms with E-state index >= 15 is 0 Å². The second-order valence-corrected chi connectivity index (χ2v) is 4.75. The molecule has 98 valence electrons. The Hall–Kier alpha value is -1.10. The first-order chi connectivity index (χ1) is 7.97. The van der Waals surface area contributed by atoms with E-state index in [1.807, 2.05) is 18.7 Å². The number of likely N-dealkylation sites (tertiary alicyclic amines) is 1. The van der Waals surface area contributed by atoms with Gasteiger partial charge in [-0.05, 0) is 26.3 Å². The first-order valence-electron chi connectivity index (χ1n) is 6.19. The second-order valence-electron chi connectivity index (χ2n) is 4.75. The number of rotatable bonds is 5. The smallest absolute Gasteiger partial charge is 0.307 e. The van der Waals surface area contributed by atoms with Crippen LogP contribution in [0.4, 0.5) is 0 Å². The zero-order valence-electron chi connectivity index (χ0n) is 10.8. The van der Waals surface area contributed by atoms with Crippen LogP contribution in [0.25, 0.3) is 0 Å². The molecule has 17 heavy (non-hydrogen) atoms. The summed E-state index contributed by atoms with van der Waals surface area (Å²) >= 11 is 0. The van der Waals surface area contributed by atoms with Crippen LogP contribution < -0.4 is 0 Å². The van der Waals surface area contributed by atoms with Crippen LogP contribution in [0.1, 0.15) is 26.7 Å². The highest BCUT2D eigenvalue weighted by molar-refractivity contribution is 5.81. The number of aliphatic carboxylic acids is 1. The number of carboxylic acid groups (broad SMARTS) is 1. The molecule has 1 aliphatic rings. The monoisotopic (exact) mass is 242 g/mol. The Morgan fingerprint density at radius 2 is 2.18 bits per heavy atom. The van der Waals surface area contributed by atoms with Gasteiger partial charge in [-0.3, -0.25) is 14.5 Å². The van der Waals surface area contributed by atoms with Gasteiger partial charge in [0.1, 0.15) is 0 Å². The summed E-state index contributed by atoms with van der Waals surface area (Å²) in [6.45, 7) is 5.83. The van der Waals surface area contributed by atoms with E-state index in [2.05, 4.69) is 0 Å². The highest BCUT2D eigenvalue weighted by Gasteiger charge is 2.33. The van der Waals surface area contributed by atoms with Crippen molar-refractivity contribution in [2.75, 3.05) is 26.7 Å². The van der Waals surface area contributed by atoms with E-state index in [0.717, 1.165) is 13.0 Å². The SMILES string of the molecule is CCCN(C)C(=O)C(C)N1CCC(C(=O)O)C1. The van der Waals surface area contributed by atoms with Crippen molar-refractivity contribution in [2.45, 2.75) is 32.7 Å². The van der Waals surface area contributed by atoms with Gasteiger partial charge in [0.2, 0.25) is 5.91 Å². The molecule has 0 aromatic carbocycles. The normalized spacial score (nSPS) is 22.4. The maximum Gasteiger partial charge on any atom is 0.307 e. The minimum Gasteiger partial charge on any atom is -0.481 e.